The monoisotopic (exact) mass is 430 g/mol. The maximum atomic E-state index is 14.1. The van der Waals surface area contributed by atoms with E-state index in [0.717, 1.165) is 11.1 Å². The van der Waals surface area contributed by atoms with Gasteiger partial charge in [-0.1, -0.05) is 18.2 Å². The van der Waals surface area contributed by atoms with Crippen molar-refractivity contribution in [1.29, 1.82) is 0 Å². The Bertz CT molecular complexity index is 1240. The third kappa shape index (κ3) is 5.20. The molecule has 0 radical (unpaired) electrons. The standard InChI is InChI=1S/C23H19FN6O2/c1-16-27-28-29-30(16)22-13-19(7-10-21(22)24)26-23(31)11-6-17-4-8-20(9-5-17)32-15-18-3-2-12-25-14-18/h2-14H,15H2,1H3,(H,26,31)/b11-6+. The highest BCUT2D eigenvalue weighted by Gasteiger charge is 2.11. The molecule has 2 heterocycles. The second-order valence-electron chi connectivity index (χ2n) is 6.85. The van der Waals surface area contributed by atoms with Crippen LogP contribution in [0, 0.1) is 12.7 Å². The lowest BCUT2D eigenvalue weighted by Crippen LogP contribution is -2.09. The SMILES string of the molecule is Cc1nnnn1-c1cc(NC(=O)/C=C/c2ccc(OCc3cccnc3)cc2)ccc1F. The number of carbonyl (C=O) groups excluding carboxylic acids is 1. The first-order valence-electron chi connectivity index (χ1n) is 9.74. The third-order valence-electron chi connectivity index (χ3n) is 4.50. The van der Waals surface area contributed by atoms with E-state index in [9.17, 15) is 9.18 Å². The van der Waals surface area contributed by atoms with Crippen LogP contribution in [0.3, 0.4) is 0 Å². The van der Waals surface area contributed by atoms with Gasteiger partial charge in [0.15, 0.2) is 5.82 Å². The summed E-state index contributed by atoms with van der Waals surface area (Å²) in [4.78, 5) is 16.3. The number of ether oxygens (including phenoxy) is 1. The topological polar surface area (TPSA) is 94.8 Å². The van der Waals surface area contributed by atoms with E-state index < -0.39 is 5.82 Å². The van der Waals surface area contributed by atoms with Gasteiger partial charge in [-0.25, -0.2) is 4.39 Å². The van der Waals surface area contributed by atoms with E-state index in [1.807, 2.05) is 36.4 Å². The highest BCUT2D eigenvalue weighted by Crippen LogP contribution is 2.19. The van der Waals surface area contributed by atoms with Crippen LogP contribution < -0.4 is 10.1 Å². The van der Waals surface area contributed by atoms with Crippen molar-refractivity contribution in [2.45, 2.75) is 13.5 Å². The van der Waals surface area contributed by atoms with E-state index >= 15 is 0 Å². The number of aryl methyl sites for hydroxylation is 1. The number of halogens is 1. The number of carbonyl (C=O) groups is 1. The fraction of sp³-hybridized carbons (Fsp3) is 0.0870. The molecule has 0 bridgehead atoms. The number of anilines is 1. The Morgan fingerprint density at radius 1 is 1.19 bits per heavy atom. The molecule has 0 saturated carbocycles. The van der Waals surface area contributed by atoms with Gasteiger partial charge in [0.05, 0.1) is 0 Å². The Balaban J connectivity index is 1.36. The molecular weight excluding hydrogens is 411 g/mol. The number of hydrogen-bond acceptors (Lipinski definition) is 6. The van der Waals surface area contributed by atoms with Crippen molar-refractivity contribution < 1.29 is 13.9 Å². The van der Waals surface area contributed by atoms with Crippen LogP contribution in [0.2, 0.25) is 0 Å². The molecule has 1 N–H and O–H groups in total. The summed E-state index contributed by atoms with van der Waals surface area (Å²) in [6.45, 7) is 2.08. The number of nitrogens with zero attached hydrogens (tertiary/aromatic N) is 5. The number of rotatable bonds is 7. The van der Waals surface area contributed by atoms with Crippen LogP contribution >= 0.6 is 0 Å². The molecule has 4 rings (SSSR count). The van der Waals surface area contributed by atoms with Crippen molar-refractivity contribution in [3.63, 3.8) is 0 Å². The number of benzene rings is 2. The van der Waals surface area contributed by atoms with Gasteiger partial charge >= 0.3 is 0 Å². The average molecular weight is 430 g/mol. The second kappa shape index (κ2) is 9.61. The first kappa shape index (κ1) is 20.9. The Morgan fingerprint density at radius 2 is 2.03 bits per heavy atom. The molecule has 0 atom stereocenters. The average Bonchev–Trinajstić information content (AvgIpc) is 3.24. The van der Waals surface area contributed by atoms with Gasteiger partial charge in [0, 0.05) is 29.7 Å². The molecule has 1 amide bonds. The molecule has 32 heavy (non-hydrogen) atoms. The first-order chi connectivity index (χ1) is 15.6. The molecule has 0 unspecified atom stereocenters. The van der Waals surface area contributed by atoms with Crippen molar-refractivity contribution in [2.24, 2.45) is 0 Å². The zero-order valence-corrected chi connectivity index (χ0v) is 17.1. The Labute approximate surface area is 183 Å². The maximum absolute atomic E-state index is 14.1. The van der Waals surface area contributed by atoms with Gasteiger partial charge in [0.25, 0.3) is 0 Å². The molecule has 0 aliphatic heterocycles. The van der Waals surface area contributed by atoms with Gasteiger partial charge in [0.1, 0.15) is 23.9 Å². The van der Waals surface area contributed by atoms with Gasteiger partial charge in [0.2, 0.25) is 5.91 Å². The van der Waals surface area contributed by atoms with Gasteiger partial charge in [-0.3, -0.25) is 9.78 Å². The van der Waals surface area contributed by atoms with Crippen LogP contribution in [0.25, 0.3) is 11.8 Å². The van der Waals surface area contributed by atoms with Crippen LogP contribution in [-0.2, 0) is 11.4 Å². The molecule has 9 heteroatoms. The van der Waals surface area contributed by atoms with Crippen LogP contribution in [0.4, 0.5) is 10.1 Å². The molecule has 8 nitrogen and oxygen atoms in total. The molecule has 0 fully saturated rings. The van der Waals surface area contributed by atoms with Crippen molar-refractivity contribution in [1.82, 2.24) is 25.2 Å². The summed E-state index contributed by atoms with van der Waals surface area (Å²) in [5, 5.41) is 13.7. The lowest BCUT2D eigenvalue weighted by atomic mass is 10.2. The predicted molar refractivity (Wildman–Crippen MR) is 117 cm³/mol. The number of amides is 1. The summed E-state index contributed by atoms with van der Waals surface area (Å²) in [7, 11) is 0. The van der Waals surface area contributed by atoms with Crippen LogP contribution in [0.15, 0.2) is 73.1 Å². The summed E-state index contributed by atoms with van der Waals surface area (Å²) in [5.74, 6) is 0.292. The van der Waals surface area contributed by atoms with E-state index in [-0.39, 0.29) is 11.6 Å². The fourth-order valence-electron chi connectivity index (χ4n) is 2.89. The van der Waals surface area contributed by atoms with E-state index in [1.165, 1.54) is 29.0 Å². The van der Waals surface area contributed by atoms with Crippen molar-refractivity contribution in [2.75, 3.05) is 5.32 Å². The van der Waals surface area contributed by atoms with Gasteiger partial charge in [-0.15, -0.1) is 5.10 Å². The van der Waals surface area contributed by atoms with Crippen molar-refractivity contribution in [3.05, 3.63) is 95.8 Å². The smallest absolute Gasteiger partial charge is 0.248 e. The van der Waals surface area contributed by atoms with Crippen LogP contribution in [0.5, 0.6) is 5.75 Å². The van der Waals surface area contributed by atoms with Crippen LogP contribution in [-0.4, -0.2) is 31.1 Å². The Hall–Kier alpha value is -4.40. The molecule has 160 valence electrons. The summed E-state index contributed by atoms with van der Waals surface area (Å²) < 4.78 is 21.1. The lowest BCUT2D eigenvalue weighted by Gasteiger charge is -2.08. The normalized spacial score (nSPS) is 10.9. The fourth-order valence-corrected chi connectivity index (χ4v) is 2.89. The van der Waals surface area contributed by atoms with E-state index in [1.54, 1.807) is 25.4 Å². The van der Waals surface area contributed by atoms with E-state index in [4.69, 9.17) is 4.74 Å². The number of hydrogen-bond donors (Lipinski definition) is 1. The summed E-state index contributed by atoms with van der Waals surface area (Å²) in [5.41, 5.74) is 2.38. The number of nitrogens with one attached hydrogen (secondary N) is 1. The quantitative estimate of drug-likeness (QED) is 0.449. The molecular formula is C23H19FN6O2. The molecule has 0 spiro atoms. The molecule has 2 aromatic heterocycles. The Morgan fingerprint density at radius 3 is 2.75 bits per heavy atom. The first-order valence-corrected chi connectivity index (χ1v) is 9.74. The molecule has 2 aromatic carbocycles. The second-order valence-corrected chi connectivity index (χ2v) is 6.85. The lowest BCUT2D eigenvalue weighted by molar-refractivity contribution is -0.111. The summed E-state index contributed by atoms with van der Waals surface area (Å²) in [6, 6.07) is 15.3. The molecule has 0 saturated heterocycles. The van der Waals surface area contributed by atoms with E-state index in [0.29, 0.717) is 23.9 Å². The zero-order valence-electron chi connectivity index (χ0n) is 17.1. The zero-order chi connectivity index (χ0) is 22.3. The Kier molecular flexibility index (Phi) is 6.26. The largest absolute Gasteiger partial charge is 0.489 e. The maximum Gasteiger partial charge on any atom is 0.248 e. The van der Waals surface area contributed by atoms with Gasteiger partial charge in [-0.05, 0) is 65.4 Å². The van der Waals surface area contributed by atoms with Gasteiger partial charge in [-0.2, -0.15) is 4.68 Å². The third-order valence-corrected chi connectivity index (χ3v) is 4.50. The number of tetrazole rings is 1. The highest BCUT2D eigenvalue weighted by atomic mass is 19.1. The van der Waals surface area contributed by atoms with Crippen LogP contribution in [0.1, 0.15) is 17.0 Å². The number of aromatic nitrogens is 5. The molecule has 0 aliphatic carbocycles. The molecule has 4 aromatic rings. The van der Waals surface area contributed by atoms with Crippen molar-refractivity contribution in [3.8, 4) is 11.4 Å². The van der Waals surface area contributed by atoms with Gasteiger partial charge < -0.3 is 10.1 Å². The summed E-state index contributed by atoms with van der Waals surface area (Å²) >= 11 is 0. The predicted octanol–water partition coefficient (Wildman–Crippen LogP) is 3.74. The minimum absolute atomic E-state index is 0.149. The van der Waals surface area contributed by atoms with E-state index in [2.05, 4.69) is 25.8 Å². The molecule has 0 aliphatic rings. The minimum atomic E-state index is -0.500. The minimum Gasteiger partial charge on any atom is -0.489 e. The number of pyridine rings is 1. The highest BCUT2D eigenvalue weighted by molar-refractivity contribution is 6.02. The van der Waals surface area contributed by atoms with Crippen molar-refractivity contribution >= 4 is 17.7 Å². The summed E-state index contributed by atoms with van der Waals surface area (Å²) in [6.07, 6.45) is 6.54.